The molecule has 15 nitrogen and oxygen atoms in total. The summed E-state index contributed by atoms with van der Waals surface area (Å²) in [5.41, 5.74) is -7.18. The van der Waals surface area contributed by atoms with Crippen LogP contribution in [0.1, 0.15) is 95.5 Å². The number of esters is 2. The van der Waals surface area contributed by atoms with Gasteiger partial charge in [-0.2, -0.15) is 0 Å². The topological polar surface area (TPSA) is 191 Å². The van der Waals surface area contributed by atoms with Crippen LogP contribution in [-0.2, 0) is 28.6 Å². The lowest BCUT2D eigenvalue weighted by Crippen LogP contribution is -2.69. The molecule has 2 aliphatic heterocycles. The number of methoxy groups -OCH3 is 1. The second-order valence-corrected chi connectivity index (χ2v) is 19.5. The predicted octanol–water partition coefficient (Wildman–Crippen LogP) is 5.12. The Morgan fingerprint density at radius 2 is 1.77 bits per heavy atom. The Balaban J connectivity index is 0.968. The van der Waals surface area contributed by atoms with E-state index in [0.717, 1.165) is 12.5 Å². The summed E-state index contributed by atoms with van der Waals surface area (Å²) in [5.74, 6) is -5.57. The summed E-state index contributed by atoms with van der Waals surface area (Å²) in [6.45, 7) is 5.83. The van der Waals surface area contributed by atoms with Crippen LogP contribution in [0, 0.1) is 40.3 Å². The van der Waals surface area contributed by atoms with Gasteiger partial charge in [0.25, 0.3) is 0 Å². The van der Waals surface area contributed by atoms with Gasteiger partial charge in [0, 0.05) is 55.5 Å². The van der Waals surface area contributed by atoms with Crippen LogP contribution < -0.4 is 15.1 Å². The number of ketones is 2. The molecule has 7 aliphatic rings. The number of rotatable bonds is 9. The fourth-order valence-corrected chi connectivity index (χ4v) is 13.0. The Morgan fingerprint density at radius 3 is 2.47 bits per heavy atom. The number of likely N-dealkylation sites (tertiary alicyclic amines) is 1. The van der Waals surface area contributed by atoms with Crippen LogP contribution in [0.2, 0.25) is 0 Å². The number of anilines is 1. The number of piperidine rings is 1. The number of aromatic nitrogens is 1. The van der Waals surface area contributed by atoms with E-state index in [1.54, 1.807) is 35.1 Å². The zero-order valence-corrected chi connectivity index (χ0v) is 36.7. The van der Waals surface area contributed by atoms with Crippen LogP contribution in [0.25, 0.3) is 10.9 Å². The lowest BCUT2D eigenvalue weighted by molar-refractivity contribution is -0.219. The molecule has 0 spiro atoms. The van der Waals surface area contributed by atoms with Crippen molar-refractivity contribution >= 4 is 46.2 Å². The number of Topliss-reactive ketones (excluding diaryl/α,β-unsaturated/α-hetero) is 1. The lowest BCUT2D eigenvalue weighted by Gasteiger charge is -2.62. The molecule has 2 saturated heterocycles. The maximum absolute atomic E-state index is 17.7. The third kappa shape index (κ3) is 6.37. The summed E-state index contributed by atoms with van der Waals surface area (Å²) in [6, 6.07) is 0.562. The van der Waals surface area contributed by atoms with Crippen LogP contribution in [0.15, 0.2) is 40.9 Å². The first-order valence-electron chi connectivity index (χ1n) is 22.3. The number of allylic oxidation sites excluding steroid dienone is 4. The number of carbonyl (C=O) groups is 5. The number of aliphatic hydroxyl groups is 2. The molecule has 344 valence electrons. The van der Waals surface area contributed by atoms with Gasteiger partial charge in [-0.3, -0.25) is 19.2 Å². The summed E-state index contributed by atoms with van der Waals surface area (Å²) < 4.78 is 57.3. The van der Waals surface area contributed by atoms with Crippen molar-refractivity contribution in [1.82, 2.24) is 9.47 Å². The van der Waals surface area contributed by atoms with Gasteiger partial charge in [0.05, 0.1) is 30.2 Å². The van der Waals surface area contributed by atoms with E-state index in [-0.39, 0.29) is 65.5 Å². The number of carbonyl (C=O) groups excluding carboxylic acids is 5. The number of nitrogens with zero attached hydrogens (tertiary/aromatic N) is 3. The molecule has 1 aromatic heterocycles. The minimum atomic E-state index is -2.17. The van der Waals surface area contributed by atoms with E-state index in [9.17, 15) is 39.0 Å². The summed E-state index contributed by atoms with van der Waals surface area (Å²) in [4.78, 5) is 82.2. The monoisotopic (exact) mass is 891 g/mol. The number of hydrogen-bond acceptors (Lipinski definition) is 13. The van der Waals surface area contributed by atoms with E-state index in [1.165, 1.54) is 38.5 Å². The van der Waals surface area contributed by atoms with E-state index >= 15 is 8.78 Å². The highest BCUT2D eigenvalue weighted by atomic mass is 19.1. The zero-order valence-electron chi connectivity index (χ0n) is 36.7. The number of ether oxygens (including phenoxy) is 4. The van der Waals surface area contributed by atoms with Crippen LogP contribution in [0.3, 0.4) is 0 Å². The summed E-state index contributed by atoms with van der Waals surface area (Å²) in [6.07, 6.45) is 6.97. The predicted molar refractivity (Wildman–Crippen MR) is 225 cm³/mol. The molecule has 0 unspecified atom stereocenters. The molecule has 0 radical (unpaired) electrons. The van der Waals surface area contributed by atoms with E-state index in [2.05, 4.69) is 0 Å². The SMILES string of the molecule is COc1c(N2C[C@@H]3CCCN(C(=O)OCOC(C)=O)[C@@H]3C2)c(F)cc2c(=O)c(C(=O)OCC(=O)[C@]3(O)[C@H](C)C[C@@H]4[C@H]5CCC6=CC(=O)C=C[C@@]6(C)[C@]5(F)[C@H](O)C[C@]43C)cn(C3CC3)c12. The van der Waals surface area contributed by atoms with Crippen molar-refractivity contribution in [1.29, 1.82) is 0 Å². The Hall–Kier alpha value is -5.16. The van der Waals surface area contributed by atoms with Crippen molar-refractivity contribution in [3.8, 4) is 5.75 Å². The quantitative estimate of drug-likeness (QED) is 0.250. The molecule has 1 amide bonds. The zero-order chi connectivity index (χ0) is 45.8. The lowest BCUT2D eigenvalue weighted by atomic mass is 9.44. The number of fused-ring (bicyclic) bond motifs is 7. The number of halogens is 2. The second kappa shape index (κ2) is 15.5. The maximum atomic E-state index is 17.7. The third-order valence-corrected chi connectivity index (χ3v) is 16.3. The van der Waals surface area contributed by atoms with Gasteiger partial charge < -0.3 is 43.5 Å². The first-order valence-corrected chi connectivity index (χ1v) is 22.3. The van der Waals surface area contributed by atoms with E-state index in [4.69, 9.17) is 18.9 Å². The summed E-state index contributed by atoms with van der Waals surface area (Å²) >= 11 is 0. The number of hydrogen-bond donors (Lipinski definition) is 2. The molecule has 3 heterocycles. The Labute approximate surface area is 368 Å². The van der Waals surface area contributed by atoms with E-state index < -0.39 is 100.0 Å². The minimum absolute atomic E-state index is 0.0390. The van der Waals surface area contributed by atoms with E-state index in [0.29, 0.717) is 50.8 Å². The highest BCUT2D eigenvalue weighted by molar-refractivity contribution is 6.01. The molecule has 64 heavy (non-hydrogen) atoms. The molecule has 0 bridgehead atoms. The van der Waals surface area contributed by atoms with Gasteiger partial charge in [-0.25, -0.2) is 18.4 Å². The highest BCUT2D eigenvalue weighted by Gasteiger charge is 2.75. The molecule has 10 atom stereocenters. The highest BCUT2D eigenvalue weighted by Crippen LogP contribution is 2.70. The molecule has 5 aliphatic carbocycles. The van der Waals surface area contributed by atoms with Gasteiger partial charge in [-0.1, -0.05) is 25.5 Å². The Kier molecular flexibility index (Phi) is 10.7. The smallest absolute Gasteiger partial charge is 0.412 e. The molecular formula is C47H55F2N3O12. The van der Waals surface area contributed by atoms with Crippen LogP contribution in [-0.4, -0.2) is 113 Å². The first kappa shape index (κ1) is 44.1. The van der Waals surface area contributed by atoms with Gasteiger partial charge in [0.2, 0.25) is 18.0 Å². The second-order valence-electron chi connectivity index (χ2n) is 19.5. The normalized spacial score (nSPS) is 35.2. The summed E-state index contributed by atoms with van der Waals surface area (Å²) in [5, 5.41) is 24.1. The van der Waals surface area contributed by atoms with E-state index in [1.807, 2.05) is 0 Å². The number of alkyl halides is 1. The van der Waals surface area contributed by atoms with Gasteiger partial charge in [-0.05, 0) is 94.3 Å². The van der Waals surface area contributed by atoms with Crippen molar-refractivity contribution in [2.24, 2.45) is 34.5 Å². The van der Waals surface area contributed by atoms with Crippen molar-refractivity contribution < 1.29 is 61.9 Å². The van der Waals surface area contributed by atoms with Crippen molar-refractivity contribution in [2.75, 3.05) is 45.0 Å². The number of aliphatic hydroxyl groups excluding tert-OH is 1. The van der Waals surface area contributed by atoms with Gasteiger partial charge >= 0.3 is 18.0 Å². The molecule has 2 aromatic rings. The van der Waals surface area contributed by atoms with Gasteiger partial charge in [0.15, 0.2) is 29.6 Å². The molecule has 6 fully saturated rings. The van der Waals surface area contributed by atoms with Crippen molar-refractivity contribution in [3.63, 3.8) is 0 Å². The number of pyridine rings is 1. The van der Waals surface area contributed by atoms with Gasteiger partial charge in [-0.15, -0.1) is 0 Å². The fourth-order valence-electron chi connectivity index (χ4n) is 13.0. The largest absolute Gasteiger partial charge is 0.492 e. The first-order chi connectivity index (χ1) is 30.3. The maximum Gasteiger partial charge on any atom is 0.412 e. The Morgan fingerprint density at radius 1 is 1.02 bits per heavy atom. The standard InChI is InChI=1S/C47H55F2N3O12/c1-24-15-33-32-11-8-27-16-29(54)12-13-44(27,3)46(32,49)36(55)18-45(33,4)47(24,60)37(56)22-62-42(58)31-20-52(28-9-10-28)38-30(40(31)57)17-34(48)39(41(38)61-5)50-19-26-7-6-14-51(35(26)21-50)43(59)64-23-63-25(2)53/h12-13,16-17,20,24,26,28,32-33,35-36,55,60H,6-11,14-15,18-19,21-23H2,1-5H3/t24-,26+,32-,33-,35-,36-,44-,45-,46-,47-/m1/s1. The van der Waals surface area contributed by atoms with Gasteiger partial charge in [0.1, 0.15) is 16.9 Å². The third-order valence-electron chi connectivity index (χ3n) is 16.3. The van der Waals surface area contributed by atoms with Crippen molar-refractivity contribution in [2.45, 2.75) is 109 Å². The molecule has 4 saturated carbocycles. The number of amides is 1. The molecule has 1 aromatic carbocycles. The fraction of sp³-hybridized carbons (Fsp3) is 0.617. The molecule has 17 heteroatoms. The average molecular weight is 892 g/mol. The van der Waals surface area contributed by atoms with Crippen molar-refractivity contribution in [3.05, 3.63) is 57.7 Å². The Bertz CT molecular complexity index is 2480. The van der Waals surface area contributed by atoms with Crippen LogP contribution in [0.5, 0.6) is 5.75 Å². The molecule has 2 N–H and O–H groups in total. The van der Waals surface area contributed by atoms with Crippen LogP contribution >= 0.6 is 0 Å². The minimum Gasteiger partial charge on any atom is -0.492 e. The summed E-state index contributed by atoms with van der Waals surface area (Å²) in [7, 11) is 1.37. The number of benzene rings is 1. The average Bonchev–Trinajstić information content (AvgIpc) is 3.97. The molecular weight excluding hydrogens is 837 g/mol. The molecule has 9 rings (SSSR count). The van der Waals surface area contributed by atoms with Crippen LogP contribution in [0.4, 0.5) is 19.3 Å².